The van der Waals surface area contributed by atoms with Gasteiger partial charge in [0.1, 0.15) is 11.6 Å². The van der Waals surface area contributed by atoms with Crippen LogP contribution in [0.15, 0.2) is 28.8 Å². The van der Waals surface area contributed by atoms with Crippen molar-refractivity contribution in [2.75, 3.05) is 19.6 Å². The smallest absolute Gasteiger partial charge is 0.227 e. The van der Waals surface area contributed by atoms with Gasteiger partial charge < -0.3 is 14.7 Å². The van der Waals surface area contributed by atoms with E-state index in [0.717, 1.165) is 23.4 Å². The lowest BCUT2D eigenvalue weighted by Gasteiger charge is -2.36. The standard InChI is InChI=1S/C17H20FN3O2/c1-11-15(12(2)23-20-11)9-17(22)21-7-6-19-10-16(21)13-4-3-5-14(18)8-13/h3-5,8,16,19H,6-7,9-10H2,1-2H3. The van der Waals surface area contributed by atoms with E-state index in [1.807, 2.05) is 24.8 Å². The molecule has 2 heterocycles. The molecule has 0 bridgehead atoms. The number of hydrogen-bond donors (Lipinski definition) is 1. The molecule has 1 atom stereocenters. The maximum atomic E-state index is 13.5. The number of piperazine rings is 1. The Hall–Kier alpha value is -2.21. The summed E-state index contributed by atoms with van der Waals surface area (Å²) >= 11 is 0. The zero-order valence-electron chi connectivity index (χ0n) is 13.3. The normalized spacial score (nSPS) is 18.2. The number of nitrogens with one attached hydrogen (secondary N) is 1. The van der Waals surface area contributed by atoms with Gasteiger partial charge in [-0.05, 0) is 31.5 Å². The Bertz CT molecular complexity index is 694. The molecule has 0 saturated carbocycles. The number of nitrogens with zero attached hydrogens (tertiary/aromatic N) is 2. The minimum absolute atomic E-state index is 0.00941. The SMILES string of the molecule is Cc1noc(C)c1CC(=O)N1CCNCC1c1cccc(F)c1. The zero-order chi connectivity index (χ0) is 16.4. The largest absolute Gasteiger partial charge is 0.361 e. The van der Waals surface area contributed by atoms with Gasteiger partial charge in [0.05, 0.1) is 18.2 Å². The van der Waals surface area contributed by atoms with Crippen molar-refractivity contribution in [1.82, 2.24) is 15.4 Å². The van der Waals surface area contributed by atoms with Gasteiger partial charge in [-0.15, -0.1) is 0 Å². The average Bonchev–Trinajstić information content (AvgIpc) is 2.87. The number of amides is 1. The van der Waals surface area contributed by atoms with Crippen LogP contribution in [0.25, 0.3) is 0 Å². The Morgan fingerprint density at radius 2 is 2.30 bits per heavy atom. The Balaban J connectivity index is 1.82. The number of rotatable bonds is 3. The molecule has 2 aromatic rings. The quantitative estimate of drug-likeness (QED) is 0.942. The van der Waals surface area contributed by atoms with Crippen molar-refractivity contribution in [2.45, 2.75) is 26.3 Å². The van der Waals surface area contributed by atoms with E-state index >= 15 is 0 Å². The highest BCUT2D eigenvalue weighted by Gasteiger charge is 2.29. The lowest BCUT2D eigenvalue weighted by molar-refractivity contribution is -0.133. The maximum absolute atomic E-state index is 13.5. The van der Waals surface area contributed by atoms with Crippen molar-refractivity contribution in [3.05, 3.63) is 52.7 Å². The highest BCUT2D eigenvalue weighted by Crippen LogP contribution is 2.24. The highest BCUT2D eigenvalue weighted by molar-refractivity contribution is 5.80. The van der Waals surface area contributed by atoms with E-state index in [2.05, 4.69) is 10.5 Å². The van der Waals surface area contributed by atoms with E-state index in [9.17, 15) is 9.18 Å². The Kier molecular flexibility index (Phi) is 4.43. The first-order valence-electron chi connectivity index (χ1n) is 7.73. The lowest BCUT2D eigenvalue weighted by Crippen LogP contribution is -2.49. The highest BCUT2D eigenvalue weighted by atomic mass is 19.1. The molecular formula is C17H20FN3O2. The number of carbonyl (C=O) groups excluding carboxylic acids is 1. The van der Waals surface area contributed by atoms with Crippen molar-refractivity contribution in [2.24, 2.45) is 0 Å². The topological polar surface area (TPSA) is 58.4 Å². The fraction of sp³-hybridized carbons (Fsp3) is 0.412. The predicted molar refractivity (Wildman–Crippen MR) is 83.4 cm³/mol. The first-order chi connectivity index (χ1) is 11.1. The van der Waals surface area contributed by atoms with Crippen LogP contribution in [0.4, 0.5) is 4.39 Å². The number of hydrogen-bond acceptors (Lipinski definition) is 4. The van der Waals surface area contributed by atoms with Crippen LogP contribution in [-0.2, 0) is 11.2 Å². The second-order valence-corrected chi connectivity index (χ2v) is 5.84. The van der Waals surface area contributed by atoms with Gasteiger partial charge in [0.25, 0.3) is 0 Å². The second-order valence-electron chi connectivity index (χ2n) is 5.84. The summed E-state index contributed by atoms with van der Waals surface area (Å²) in [5.74, 6) is 0.398. The number of benzene rings is 1. The predicted octanol–water partition coefficient (Wildman–Crippen LogP) is 2.15. The van der Waals surface area contributed by atoms with Gasteiger partial charge >= 0.3 is 0 Å². The van der Waals surface area contributed by atoms with Gasteiger partial charge in [-0.2, -0.15) is 0 Å². The van der Waals surface area contributed by atoms with Crippen LogP contribution in [0.5, 0.6) is 0 Å². The molecular weight excluding hydrogens is 297 g/mol. The number of halogens is 1. The molecule has 1 aliphatic rings. The van der Waals surface area contributed by atoms with Gasteiger partial charge in [0, 0.05) is 25.2 Å². The molecule has 1 unspecified atom stereocenters. The van der Waals surface area contributed by atoms with Crippen molar-refractivity contribution >= 4 is 5.91 Å². The third kappa shape index (κ3) is 3.27. The monoisotopic (exact) mass is 317 g/mol. The molecule has 1 aromatic carbocycles. The van der Waals surface area contributed by atoms with Gasteiger partial charge in [-0.25, -0.2) is 4.39 Å². The summed E-state index contributed by atoms with van der Waals surface area (Å²) in [6.45, 7) is 5.60. The molecule has 0 radical (unpaired) electrons. The number of aryl methyl sites for hydroxylation is 2. The third-order valence-electron chi connectivity index (χ3n) is 4.31. The fourth-order valence-corrected chi connectivity index (χ4v) is 3.02. The Labute approximate surface area is 134 Å². The summed E-state index contributed by atoms with van der Waals surface area (Å²) in [7, 11) is 0. The fourth-order valence-electron chi connectivity index (χ4n) is 3.02. The van der Waals surface area contributed by atoms with Crippen LogP contribution in [0.2, 0.25) is 0 Å². The van der Waals surface area contributed by atoms with Crippen molar-refractivity contribution in [3.63, 3.8) is 0 Å². The van der Waals surface area contributed by atoms with Crippen molar-refractivity contribution < 1.29 is 13.7 Å². The van der Waals surface area contributed by atoms with Gasteiger partial charge in [-0.1, -0.05) is 17.3 Å². The van der Waals surface area contributed by atoms with Crippen molar-refractivity contribution in [1.29, 1.82) is 0 Å². The van der Waals surface area contributed by atoms with Gasteiger partial charge in [0.15, 0.2) is 0 Å². The first-order valence-corrected chi connectivity index (χ1v) is 7.73. The van der Waals surface area contributed by atoms with E-state index < -0.39 is 0 Å². The van der Waals surface area contributed by atoms with Crippen LogP contribution in [-0.4, -0.2) is 35.6 Å². The van der Waals surface area contributed by atoms with Crippen LogP contribution in [0.3, 0.4) is 0 Å². The van der Waals surface area contributed by atoms with E-state index in [1.165, 1.54) is 12.1 Å². The molecule has 1 amide bonds. The summed E-state index contributed by atoms with van der Waals surface area (Å²) in [6, 6.07) is 6.28. The number of aromatic nitrogens is 1. The maximum Gasteiger partial charge on any atom is 0.227 e. The molecule has 1 saturated heterocycles. The average molecular weight is 317 g/mol. The zero-order valence-corrected chi connectivity index (χ0v) is 13.3. The second kappa shape index (κ2) is 6.50. The van der Waals surface area contributed by atoms with Gasteiger partial charge in [0.2, 0.25) is 5.91 Å². The minimum Gasteiger partial charge on any atom is -0.361 e. The van der Waals surface area contributed by atoms with E-state index in [0.29, 0.717) is 18.8 Å². The summed E-state index contributed by atoms with van der Waals surface area (Å²) in [4.78, 5) is 14.6. The molecule has 5 nitrogen and oxygen atoms in total. The molecule has 3 rings (SSSR count). The van der Waals surface area contributed by atoms with Crippen LogP contribution >= 0.6 is 0 Å². The minimum atomic E-state index is -0.286. The van der Waals surface area contributed by atoms with E-state index in [1.54, 1.807) is 6.07 Å². The van der Waals surface area contributed by atoms with Gasteiger partial charge in [-0.3, -0.25) is 4.79 Å². The van der Waals surface area contributed by atoms with Crippen LogP contribution in [0, 0.1) is 19.7 Å². The molecule has 122 valence electrons. The molecule has 1 aliphatic heterocycles. The van der Waals surface area contributed by atoms with Crippen molar-refractivity contribution in [3.8, 4) is 0 Å². The summed E-state index contributed by atoms with van der Waals surface area (Å²) < 4.78 is 18.6. The van der Waals surface area contributed by atoms with Crippen LogP contribution in [0.1, 0.15) is 28.6 Å². The molecule has 6 heteroatoms. The van der Waals surface area contributed by atoms with E-state index in [-0.39, 0.29) is 24.2 Å². The van der Waals surface area contributed by atoms with Crippen LogP contribution < -0.4 is 5.32 Å². The third-order valence-corrected chi connectivity index (χ3v) is 4.31. The molecule has 1 aromatic heterocycles. The lowest BCUT2D eigenvalue weighted by atomic mass is 10.0. The summed E-state index contributed by atoms with van der Waals surface area (Å²) in [5, 5.41) is 7.17. The summed E-state index contributed by atoms with van der Waals surface area (Å²) in [6.07, 6.45) is 0.257. The molecule has 1 N–H and O–H groups in total. The Morgan fingerprint density at radius 1 is 1.48 bits per heavy atom. The molecule has 0 spiro atoms. The molecule has 0 aliphatic carbocycles. The first kappa shape index (κ1) is 15.7. The number of carbonyl (C=O) groups is 1. The Morgan fingerprint density at radius 3 is 3.00 bits per heavy atom. The van der Waals surface area contributed by atoms with E-state index in [4.69, 9.17) is 4.52 Å². The molecule has 23 heavy (non-hydrogen) atoms. The molecule has 1 fully saturated rings. The summed E-state index contributed by atoms with van der Waals surface area (Å²) in [5.41, 5.74) is 2.39.